The van der Waals surface area contributed by atoms with Gasteiger partial charge in [-0.1, -0.05) is 42.5 Å². The predicted molar refractivity (Wildman–Crippen MR) is 130 cm³/mol. The van der Waals surface area contributed by atoms with Gasteiger partial charge in [0.2, 0.25) is 5.91 Å². The van der Waals surface area contributed by atoms with Crippen molar-refractivity contribution in [2.75, 3.05) is 39.4 Å². The standard InChI is InChI=1S/C27H30N4O3/c1-20-7-5-6-10-23(20)25-24(19-31(28-25)22-8-3-2-4-9-22)27(33)29-13-11-21(12-14-29)26(32)30-15-17-34-18-16-30/h2-10,19,21H,11-18H2,1H3. The van der Waals surface area contributed by atoms with Crippen molar-refractivity contribution in [2.24, 2.45) is 5.92 Å². The Hall–Kier alpha value is -3.45. The minimum absolute atomic E-state index is 0.0231. The summed E-state index contributed by atoms with van der Waals surface area (Å²) in [5, 5.41) is 4.83. The van der Waals surface area contributed by atoms with Crippen molar-refractivity contribution in [3.63, 3.8) is 0 Å². The Morgan fingerprint density at radius 3 is 2.26 bits per heavy atom. The van der Waals surface area contributed by atoms with E-state index in [-0.39, 0.29) is 17.7 Å². The minimum Gasteiger partial charge on any atom is -0.378 e. The van der Waals surface area contributed by atoms with Gasteiger partial charge in [0.1, 0.15) is 5.69 Å². The molecule has 2 aliphatic heterocycles. The Bertz CT molecular complexity index is 1160. The number of nitrogens with zero attached hydrogens (tertiary/aromatic N) is 4. The second kappa shape index (κ2) is 9.81. The first-order valence-corrected chi connectivity index (χ1v) is 12.0. The van der Waals surface area contributed by atoms with Crippen LogP contribution in [0.25, 0.3) is 16.9 Å². The molecule has 0 unspecified atom stereocenters. The van der Waals surface area contributed by atoms with Crippen LogP contribution in [0.2, 0.25) is 0 Å². The van der Waals surface area contributed by atoms with Gasteiger partial charge >= 0.3 is 0 Å². The number of rotatable bonds is 4. The van der Waals surface area contributed by atoms with Crippen LogP contribution in [0.4, 0.5) is 0 Å². The zero-order chi connectivity index (χ0) is 23.5. The van der Waals surface area contributed by atoms with Crippen molar-refractivity contribution in [1.82, 2.24) is 19.6 Å². The molecule has 0 saturated carbocycles. The van der Waals surface area contributed by atoms with Crippen molar-refractivity contribution < 1.29 is 14.3 Å². The van der Waals surface area contributed by atoms with E-state index in [9.17, 15) is 9.59 Å². The number of aromatic nitrogens is 2. The maximum absolute atomic E-state index is 13.7. The molecular weight excluding hydrogens is 428 g/mol. The SMILES string of the molecule is Cc1ccccc1-c1nn(-c2ccccc2)cc1C(=O)N1CCC(C(=O)N2CCOCC2)CC1. The van der Waals surface area contributed by atoms with E-state index in [1.165, 1.54) is 0 Å². The number of likely N-dealkylation sites (tertiary alicyclic amines) is 1. The van der Waals surface area contributed by atoms with E-state index in [1.54, 1.807) is 4.68 Å². The summed E-state index contributed by atoms with van der Waals surface area (Å²) in [6.07, 6.45) is 3.22. The van der Waals surface area contributed by atoms with Crippen molar-refractivity contribution in [2.45, 2.75) is 19.8 Å². The van der Waals surface area contributed by atoms with Gasteiger partial charge in [-0.25, -0.2) is 4.68 Å². The zero-order valence-electron chi connectivity index (χ0n) is 19.5. The molecule has 5 rings (SSSR count). The van der Waals surface area contributed by atoms with Gasteiger partial charge in [-0.05, 0) is 37.5 Å². The van der Waals surface area contributed by atoms with Crippen LogP contribution < -0.4 is 0 Å². The van der Waals surface area contributed by atoms with Gasteiger partial charge in [0, 0.05) is 43.9 Å². The molecule has 2 aromatic carbocycles. The van der Waals surface area contributed by atoms with E-state index in [0.717, 1.165) is 16.8 Å². The van der Waals surface area contributed by atoms with Gasteiger partial charge < -0.3 is 14.5 Å². The molecule has 3 aromatic rings. The number of para-hydroxylation sites is 1. The van der Waals surface area contributed by atoms with Gasteiger partial charge in [-0.3, -0.25) is 9.59 Å². The van der Waals surface area contributed by atoms with Crippen molar-refractivity contribution in [1.29, 1.82) is 0 Å². The zero-order valence-corrected chi connectivity index (χ0v) is 19.5. The average Bonchev–Trinajstić information content (AvgIpc) is 3.34. The Balaban J connectivity index is 1.38. The summed E-state index contributed by atoms with van der Waals surface area (Å²) >= 11 is 0. The Morgan fingerprint density at radius 2 is 1.56 bits per heavy atom. The van der Waals surface area contributed by atoms with E-state index in [1.807, 2.05) is 77.5 Å². The second-order valence-corrected chi connectivity index (χ2v) is 8.99. The van der Waals surface area contributed by atoms with Crippen molar-refractivity contribution in [3.8, 4) is 16.9 Å². The van der Waals surface area contributed by atoms with Crippen molar-refractivity contribution in [3.05, 3.63) is 71.9 Å². The molecular formula is C27H30N4O3. The van der Waals surface area contributed by atoms with Crippen LogP contribution in [0.3, 0.4) is 0 Å². The fourth-order valence-corrected chi connectivity index (χ4v) is 4.82. The fraction of sp³-hybridized carbons (Fsp3) is 0.370. The summed E-state index contributed by atoms with van der Waals surface area (Å²) in [5.74, 6) is 0.149. The molecule has 1 aromatic heterocycles. The van der Waals surface area contributed by atoms with E-state index >= 15 is 0 Å². The fourth-order valence-electron chi connectivity index (χ4n) is 4.82. The third-order valence-corrected chi connectivity index (χ3v) is 6.82. The van der Waals surface area contributed by atoms with Crippen LogP contribution in [-0.2, 0) is 9.53 Å². The lowest BCUT2D eigenvalue weighted by molar-refractivity contribution is -0.141. The lowest BCUT2D eigenvalue weighted by Gasteiger charge is -2.35. The smallest absolute Gasteiger partial charge is 0.257 e. The van der Waals surface area contributed by atoms with Gasteiger partial charge in [0.05, 0.1) is 24.5 Å². The molecule has 0 radical (unpaired) electrons. The maximum Gasteiger partial charge on any atom is 0.257 e. The monoisotopic (exact) mass is 458 g/mol. The van der Waals surface area contributed by atoms with E-state index in [4.69, 9.17) is 9.84 Å². The Morgan fingerprint density at radius 1 is 0.882 bits per heavy atom. The molecule has 0 spiro atoms. The number of carbonyl (C=O) groups is 2. The largest absolute Gasteiger partial charge is 0.378 e. The lowest BCUT2D eigenvalue weighted by atomic mass is 9.94. The molecule has 7 heteroatoms. The van der Waals surface area contributed by atoms with Crippen LogP contribution in [0.5, 0.6) is 0 Å². The number of benzene rings is 2. The third-order valence-electron chi connectivity index (χ3n) is 6.82. The number of piperidine rings is 1. The van der Waals surface area contributed by atoms with Crippen LogP contribution in [0.1, 0.15) is 28.8 Å². The van der Waals surface area contributed by atoms with Gasteiger partial charge in [0.25, 0.3) is 5.91 Å². The molecule has 2 fully saturated rings. The van der Waals surface area contributed by atoms with E-state index in [2.05, 4.69) is 0 Å². The normalized spacial score (nSPS) is 17.1. The average molecular weight is 459 g/mol. The molecule has 34 heavy (non-hydrogen) atoms. The van der Waals surface area contributed by atoms with Crippen LogP contribution >= 0.6 is 0 Å². The van der Waals surface area contributed by atoms with Gasteiger partial charge in [-0.2, -0.15) is 5.10 Å². The molecule has 2 amide bonds. The Labute approximate surface area is 199 Å². The molecule has 0 atom stereocenters. The van der Waals surface area contributed by atoms with Crippen LogP contribution in [-0.4, -0.2) is 70.8 Å². The predicted octanol–water partition coefficient (Wildman–Crippen LogP) is 3.56. The first-order chi connectivity index (χ1) is 16.6. The molecule has 0 N–H and O–H groups in total. The third kappa shape index (κ3) is 4.48. The summed E-state index contributed by atoms with van der Waals surface area (Å²) in [6.45, 7) is 5.72. The molecule has 3 heterocycles. The highest BCUT2D eigenvalue weighted by atomic mass is 16.5. The molecule has 0 aliphatic carbocycles. The summed E-state index contributed by atoms with van der Waals surface area (Å²) in [6, 6.07) is 17.8. The van der Waals surface area contributed by atoms with Crippen LogP contribution in [0.15, 0.2) is 60.8 Å². The molecule has 2 saturated heterocycles. The maximum atomic E-state index is 13.7. The Kier molecular flexibility index (Phi) is 6.45. The minimum atomic E-state index is -0.0299. The second-order valence-electron chi connectivity index (χ2n) is 8.99. The molecule has 176 valence electrons. The summed E-state index contributed by atoms with van der Waals surface area (Å²) in [7, 11) is 0. The van der Waals surface area contributed by atoms with Gasteiger partial charge in [0.15, 0.2) is 0 Å². The summed E-state index contributed by atoms with van der Waals surface area (Å²) in [5.41, 5.74) is 4.23. The highest BCUT2D eigenvalue weighted by Crippen LogP contribution is 2.29. The number of hydrogen-bond acceptors (Lipinski definition) is 4. The number of carbonyl (C=O) groups excluding carboxylic acids is 2. The molecule has 0 bridgehead atoms. The number of aryl methyl sites for hydroxylation is 1. The van der Waals surface area contributed by atoms with E-state index < -0.39 is 0 Å². The van der Waals surface area contributed by atoms with Gasteiger partial charge in [-0.15, -0.1) is 0 Å². The molecule has 7 nitrogen and oxygen atoms in total. The number of morpholine rings is 1. The molecule has 2 aliphatic rings. The quantitative estimate of drug-likeness (QED) is 0.600. The lowest BCUT2D eigenvalue weighted by Crippen LogP contribution is -2.47. The first kappa shape index (κ1) is 22.3. The number of ether oxygens (including phenoxy) is 1. The summed E-state index contributed by atoms with van der Waals surface area (Å²) < 4.78 is 7.15. The highest BCUT2D eigenvalue weighted by Gasteiger charge is 2.32. The van der Waals surface area contributed by atoms with Crippen LogP contribution in [0, 0.1) is 12.8 Å². The topological polar surface area (TPSA) is 67.7 Å². The van der Waals surface area contributed by atoms with Crippen molar-refractivity contribution >= 4 is 11.8 Å². The number of hydrogen-bond donors (Lipinski definition) is 0. The number of amides is 2. The first-order valence-electron chi connectivity index (χ1n) is 12.0. The van der Waals surface area contributed by atoms with E-state index in [0.29, 0.717) is 63.5 Å². The summed E-state index contributed by atoms with van der Waals surface area (Å²) in [4.78, 5) is 30.4. The highest BCUT2D eigenvalue weighted by molar-refractivity contribution is 6.00.